The smallest absolute Gasteiger partial charge is 0.207 e. The Hall–Kier alpha value is -1.40. The van der Waals surface area contributed by atoms with Crippen LogP contribution in [0.15, 0.2) is 53.4 Å². The van der Waals surface area contributed by atoms with Gasteiger partial charge in [0.1, 0.15) is 0 Å². The highest BCUT2D eigenvalue weighted by Crippen LogP contribution is 2.30. The number of rotatable bonds is 4. The monoisotopic (exact) mass is 351 g/mol. The average Bonchev–Trinajstić information content (AvgIpc) is 2.83. The van der Waals surface area contributed by atoms with Gasteiger partial charge in [-0.25, -0.2) is 13.1 Å². The Morgan fingerprint density at radius 2 is 1.77 bits per heavy atom. The van der Waals surface area contributed by atoms with Crippen LogP contribution in [0, 0.1) is 6.92 Å². The normalized spacial score (nSPS) is 11.9. The fraction of sp³-hybridized carbons (Fsp3) is 0.125. The Morgan fingerprint density at radius 3 is 2.45 bits per heavy atom. The molecule has 114 valence electrons. The van der Waals surface area contributed by atoms with Crippen molar-refractivity contribution >= 4 is 43.0 Å². The van der Waals surface area contributed by atoms with Crippen LogP contribution in [0.4, 0.5) is 0 Å². The lowest BCUT2D eigenvalue weighted by molar-refractivity contribution is 0.582. The molecule has 1 N–H and O–H groups in total. The van der Waals surface area contributed by atoms with Gasteiger partial charge in [0.25, 0.3) is 0 Å². The van der Waals surface area contributed by atoms with Crippen molar-refractivity contribution in [3.05, 3.63) is 64.0 Å². The third-order valence-electron chi connectivity index (χ3n) is 3.49. The second-order valence-corrected chi connectivity index (χ2v) is 8.27. The first-order valence-corrected chi connectivity index (χ1v) is 9.37. The molecule has 0 saturated carbocycles. The summed E-state index contributed by atoms with van der Waals surface area (Å²) in [6, 6.07) is 14.2. The predicted molar refractivity (Wildman–Crippen MR) is 92.0 cm³/mol. The van der Waals surface area contributed by atoms with Gasteiger partial charge in [0, 0.05) is 21.1 Å². The van der Waals surface area contributed by atoms with Gasteiger partial charge in [-0.05, 0) is 48.2 Å². The second-order valence-electron chi connectivity index (χ2n) is 4.92. The van der Waals surface area contributed by atoms with Gasteiger partial charge in [-0.3, -0.25) is 0 Å². The van der Waals surface area contributed by atoms with Crippen LogP contribution >= 0.6 is 22.9 Å². The van der Waals surface area contributed by atoms with Crippen LogP contribution in [-0.2, 0) is 16.6 Å². The quantitative estimate of drug-likeness (QED) is 0.759. The third-order valence-corrected chi connectivity index (χ3v) is 6.43. The minimum Gasteiger partial charge on any atom is -0.207 e. The predicted octanol–water partition coefficient (Wildman–Crippen LogP) is 4.34. The summed E-state index contributed by atoms with van der Waals surface area (Å²) in [7, 11) is -3.53. The molecule has 0 saturated heterocycles. The van der Waals surface area contributed by atoms with Crippen LogP contribution < -0.4 is 4.72 Å². The van der Waals surface area contributed by atoms with Crippen LogP contribution in [0.2, 0.25) is 5.02 Å². The van der Waals surface area contributed by atoms with Gasteiger partial charge in [-0.1, -0.05) is 29.8 Å². The summed E-state index contributed by atoms with van der Waals surface area (Å²) in [5, 5.41) is 1.69. The molecule has 3 nitrogen and oxygen atoms in total. The van der Waals surface area contributed by atoms with Crippen molar-refractivity contribution in [3.8, 4) is 0 Å². The van der Waals surface area contributed by atoms with E-state index in [0.717, 1.165) is 10.4 Å². The number of hydrogen-bond donors (Lipinski definition) is 1. The minimum atomic E-state index is -3.53. The van der Waals surface area contributed by atoms with E-state index in [9.17, 15) is 8.42 Å². The summed E-state index contributed by atoms with van der Waals surface area (Å²) < 4.78 is 28.4. The fourth-order valence-electron chi connectivity index (χ4n) is 2.25. The fourth-order valence-corrected chi connectivity index (χ4v) is 4.61. The summed E-state index contributed by atoms with van der Waals surface area (Å²) in [4.78, 5) is 1.24. The van der Waals surface area contributed by atoms with Gasteiger partial charge in [-0.2, -0.15) is 0 Å². The molecule has 0 aliphatic carbocycles. The molecule has 1 heterocycles. The molecule has 0 aliphatic heterocycles. The zero-order chi connectivity index (χ0) is 15.7. The van der Waals surface area contributed by atoms with Crippen molar-refractivity contribution in [2.24, 2.45) is 0 Å². The van der Waals surface area contributed by atoms with Crippen LogP contribution in [0.25, 0.3) is 10.1 Å². The Labute approximate surface area is 138 Å². The van der Waals surface area contributed by atoms with Gasteiger partial charge in [0.2, 0.25) is 10.0 Å². The largest absolute Gasteiger partial charge is 0.240 e. The molecule has 2 aromatic carbocycles. The molecule has 0 aliphatic rings. The zero-order valence-electron chi connectivity index (χ0n) is 11.8. The first kappa shape index (κ1) is 15.5. The Kier molecular flexibility index (Phi) is 4.23. The first-order valence-electron chi connectivity index (χ1n) is 6.69. The van der Waals surface area contributed by atoms with Crippen molar-refractivity contribution in [1.82, 2.24) is 4.72 Å². The number of fused-ring (bicyclic) bond motifs is 1. The van der Waals surface area contributed by atoms with Crippen molar-refractivity contribution < 1.29 is 8.42 Å². The Morgan fingerprint density at radius 1 is 1.09 bits per heavy atom. The maximum atomic E-state index is 12.3. The number of halogens is 1. The number of thiophene rings is 1. The molecule has 1 aromatic heterocycles. The molecule has 0 amide bonds. The van der Waals surface area contributed by atoms with Crippen LogP contribution in [0.3, 0.4) is 0 Å². The topological polar surface area (TPSA) is 46.2 Å². The van der Waals surface area contributed by atoms with E-state index in [0.29, 0.717) is 5.02 Å². The van der Waals surface area contributed by atoms with E-state index in [1.165, 1.54) is 22.2 Å². The molecule has 0 spiro atoms. The van der Waals surface area contributed by atoms with Crippen molar-refractivity contribution in [2.45, 2.75) is 18.4 Å². The summed E-state index contributed by atoms with van der Waals surface area (Å²) in [5.74, 6) is 0. The first-order chi connectivity index (χ1) is 10.5. The van der Waals surface area contributed by atoms with Gasteiger partial charge in [0.05, 0.1) is 4.90 Å². The molecule has 0 fully saturated rings. The van der Waals surface area contributed by atoms with Crippen molar-refractivity contribution in [2.75, 3.05) is 0 Å². The average molecular weight is 352 g/mol. The number of hydrogen-bond acceptors (Lipinski definition) is 3. The second kappa shape index (κ2) is 6.01. The van der Waals surface area contributed by atoms with E-state index in [-0.39, 0.29) is 11.4 Å². The van der Waals surface area contributed by atoms with Crippen molar-refractivity contribution in [3.63, 3.8) is 0 Å². The molecular weight excluding hydrogens is 338 g/mol. The number of nitrogens with one attached hydrogen (secondary N) is 1. The van der Waals surface area contributed by atoms with Crippen LogP contribution in [0.5, 0.6) is 0 Å². The van der Waals surface area contributed by atoms with Crippen molar-refractivity contribution in [1.29, 1.82) is 0 Å². The number of benzene rings is 2. The van der Waals surface area contributed by atoms with E-state index >= 15 is 0 Å². The lowest BCUT2D eigenvalue weighted by Crippen LogP contribution is -2.23. The standard InChI is InChI=1S/C16H14ClNO2S2/c1-11-14-4-2-3-5-15(14)21-16(11)10-18-22(19,20)13-8-6-12(17)7-9-13/h2-9,18H,10H2,1H3. The molecule has 6 heteroatoms. The maximum Gasteiger partial charge on any atom is 0.240 e. The highest BCUT2D eigenvalue weighted by molar-refractivity contribution is 7.89. The van der Waals surface area contributed by atoms with Gasteiger partial charge in [-0.15, -0.1) is 11.3 Å². The van der Waals surface area contributed by atoms with E-state index < -0.39 is 10.0 Å². The van der Waals surface area contributed by atoms with E-state index in [4.69, 9.17) is 11.6 Å². The summed E-state index contributed by atoms with van der Waals surface area (Å²) in [5.41, 5.74) is 1.12. The SMILES string of the molecule is Cc1c(CNS(=O)(=O)c2ccc(Cl)cc2)sc2ccccc12. The Bertz CT molecular complexity index is 915. The highest BCUT2D eigenvalue weighted by atomic mass is 35.5. The van der Waals surface area contributed by atoms with Gasteiger partial charge >= 0.3 is 0 Å². The maximum absolute atomic E-state index is 12.3. The highest BCUT2D eigenvalue weighted by Gasteiger charge is 2.15. The lowest BCUT2D eigenvalue weighted by Gasteiger charge is -2.06. The molecular formula is C16H14ClNO2S2. The molecule has 0 unspecified atom stereocenters. The Balaban J connectivity index is 1.84. The molecule has 0 radical (unpaired) electrons. The molecule has 0 bridgehead atoms. The molecule has 3 aromatic rings. The molecule has 0 atom stereocenters. The van der Waals surface area contributed by atoms with Gasteiger partial charge < -0.3 is 0 Å². The summed E-state index contributed by atoms with van der Waals surface area (Å²) in [6.45, 7) is 2.31. The molecule has 22 heavy (non-hydrogen) atoms. The van der Waals surface area contributed by atoms with E-state index in [1.54, 1.807) is 23.5 Å². The minimum absolute atomic E-state index is 0.218. The zero-order valence-corrected chi connectivity index (χ0v) is 14.2. The number of sulfonamides is 1. The van der Waals surface area contributed by atoms with Crippen LogP contribution in [-0.4, -0.2) is 8.42 Å². The summed E-state index contributed by atoms with van der Waals surface area (Å²) >= 11 is 7.40. The van der Waals surface area contributed by atoms with Gasteiger partial charge in [0.15, 0.2) is 0 Å². The number of aryl methyl sites for hydroxylation is 1. The van der Waals surface area contributed by atoms with E-state index in [1.807, 2.05) is 25.1 Å². The molecule has 3 rings (SSSR count). The van der Waals surface area contributed by atoms with Crippen LogP contribution in [0.1, 0.15) is 10.4 Å². The summed E-state index contributed by atoms with van der Waals surface area (Å²) in [6.07, 6.45) is 0. The van der Waals surface area contributed by atoms with E-state index in [2.05, 4.69) is 10.8 Å². The lowest BCUT2D eigenvalue weighted by atomic mass is 10.1. The third kappa shape index (κ3) is 3.03.